The number of aromatic nitrogens is 3. The van der Waals surface area contributed by atoms with Gasteiger partial charge in [0, 0.05) is 29.5 Å². The summed E-state index contributed by atoms with van der Waals surface area (Å²) in [5, 5.41) is 10.8. The van der Waals surface area contributed by atoms with Crippen molar-refractivity contribution in [1.82, 2.24) is 14.5 Å². The van der Waals surface area contributed by atoms with Gasteiger partial charge in [0.1, 0.15) is 11.8 Å². The first kappa shape index (κ1) is 19.2. The summed E-state index contributed by atoms with van der Waals surface area (Å²) >= 11 is 0. The zero-order chi connectivity index (χ0) is 22.1. The molecule has 5 aromatic rings. The average Bonchev–Trinajstić information content (AvgIpc) is 3.22. The molecule has 0 bridgehead atoms. The van der Waals surface area contributed by atoms with Gasteiger partial charge in [0.15, 0.2) is 0 Å². The fraction of sp³-hybridized carbons (Fsp3) is 0. The lowest BCUT2D eigenvalue weighted by molar-refractivity contribution is 0.100. The summed E-state index contributed by atoms with van der Waals surface area (Å²) in [7, 11) is 0. The van der Waals surface area contributed by atoms with Crippen LogP contribution in [0.2, 0.25) is 0 Å². The van der Waals surface area contributed by atoms with Gasteiger partial charge in [-0.15, -0.1) is 0 Å². The van der Waals surface area contributed by atoms with Gasteiger partial charge in [-0.3, -0.25) is 19.3 Å². The molecule has 0 saturated carbocycles. The van der Waals surface area contributed by atoms with Crippen LogP contribution in [0.5, 0.6) is 0 Å². The summed E-state index contributed by atoms with van der Waals surface area (Å²) in [5.41, 5.74) is 11.1. The van der Waals surface area contributed by atoms with Crippen LogP contribution in [0.3, 0.4) is 0 Å². The molecule has 0 radical (unpaired) electrons. The van der Waals surface area contributed by atoms with Crippen molar-refractivity contribution in [3.63, 3.8) is 0 Å². The van der Waals surface area contributed by atoms with Crippen molar-refractivity contribution in [3.8, 4) is 34.1 Å². The maximum absolute atomic E-state index is 12.6. The number of carbonyl (C=O) groups is 1. The maximum atomic E-state index is 12.6. The molecule has 0 aliphatic carbocycles. The topological polar surface area (TPSA) is 97.6 Å². The van der Waals surface area contributed by atoms with Gasteiger partial charge in [0.25, 0.3) is 5.91 Å². The van der Waals surface area contributed by atoms with E-state index in [0.717, 1.165) is 27.6 Å². The Morgan fingerprint density at radius 3 is 2.38 bits per heavy atom. The SMILES string of the molecule is N#Cc1cc2cc(-c3ccncc3)ccc2n1-c1ccnc(-c2ccccc2)c1C(N)=O. The quantitative estimate of drug-likeness (QED) is 0.459. The number of hydrogen-bond donors (Lipinski definition) is 1. The molecular weight excluding hydrogens is 398 g/mol. The number of hydrogen-bond acceptors (Lipinski definition) is 4. The van der Waals surface area contributed by atoms with Gasteiger partial charge in [-0.2, -0.15) is 5.26 Å². The Morgan fingerprint density at radius 2 is 1.66 bits per heavy atom. The molecular formula is C26H17N5O. The zero-order valence-corrected chi connectivity index (χ0v) is 16.9. The molecule has 0 spiro atoms. The second kappa shape index (κ2) is 7.82. The Labute approximate surface area is 184 Å². The number of pyridine rings is 2. The van der Waals surface area contributed by atoms with Crippen molar-refractivity contribution < 1.29 is 4.79 Å². The molecule has 6 heteroatoms. The standard InChI is InChI=1S/C26H17N5O/c27-16-21-15-20-14-19(17-8-11-29-12-9-17)6-7-22(20)31(21)23-10-13-30-25(24(23)26(28)32)18-4-2-1-3-5-18/h1-15H,(H2,28,32). The van der Waals surface area contributed by atoms with Crippen molar-refractivity contribution in [2.75, 3.05) is 0 Å². The highest BCUT2D eigenvalue weighted by Crippen LogP contribution is 2.32. The largest absolute Gasteiger partial charge is 0.365 e. The number of benzene rings is 2. The van der Waals surface area contributed by atoms with Crippen LogP contribution < -0.4 is 5.73 Å². The third-order valence-corrected chi connectivity index (χ3v) is 5.39. The molecule has 0 aliphatic rings. The Balaban J connectivity index is 1.77. The van der Waals surface area contributed by atoms with Gasteiger partial charge in [0.2, 0.25) is 0 Å². The van der Waals surface area contributed by atoms with Gasteiger partial charge in [0.05, 0.1) is 22.5 Å². The summed E-state index contributed by atoms with van der Waals surface area (Å²) < 4.78 is 1.76. The molecule has 3 aromatic heterocycles. The Morgan fingerprint density at radius 1 is 0.875 bits per heavy atom. The molecule has 0 unspecified atom stereocenters. The second-order valence-electron chi connectivity index (χ2n) is 7.27. The second-order valence-corrected chi connectivity index (χ2v) is 7.27. The molecule has 32 heavy (non-hydrogen) atoms. The third kappa shape index (κ3) is 3.18. The normalized spacial score (nSPS) is 10.7. The van der Waals surface area contributed by atoms with Crippen LogP contribution in [0, 0.1) is 11.3 Å². The molecule has 0 fully saturated rings. The number of primary amides is 1. The van der Waals surface area contributed by atoms with E-state index in [1.807, 2.05) is 66.7 Å². The van der Waals surface area contributed by atoms with E-state index in [0.29, 0.717) is 17.1 Å². The maximum Gasteiger partial charge on any atom is 0.253 e. The molecule has 1 amide bonds. The monoisotopic (exact) mass is 415 g/mol. The van der Waals surface area contributed by atoms with Crippen LogP contribution >= 0.6 is 0 Å². The highest BCUT2D eigenvalue weighted by molar-refractivity contribution is 6.03. The molecule has 0 atom stereocenters. The van der Waals surface area contributed by atoms with Crippen molar-refractivity contribution in [2.24, 2.45) is 5.73 Å². The summed E-state index contributed by atoms with van der Waals surface area (Å²) in [6.07, 6.45) is 5.11. The van der Waals surface area contributed by atoms with Gasteiger partial charge >= 0.3 is 0 Å². The predicted octanol–water partition coefficient (Wildman–Crippen LogP) is 4.73. The van der Waals surface area contributed by atoms with E-state index >= 15 is 0 Å². The van der Waals surface area contributed by atoms with Gasteiger partial charge in [-0.1, -0.05) is 36.4 Å². The number of rotatable bonds is 4. The summed E-state index contributed by atoms with van der Waals surface area (Å²) in [6.45, 7) is 0. The molecule has 3 heterocycles. The summed E-state index contributed by atoms with van der Waals surface area (Å²) in [5.74, 6) is -0.605. The number of fused-ring (bicyclic) bond motifs is 1. The average molecular weight is 415 g/mol. The van der Waals surface area contributed by atoms with Crippen LogP contribution in [0.25, 0.3) is 39.0 Å². The van der Waals surface area contributed by atoms with Crippen LogP contribution in [-0.2, 0) is 0 Å². The number of nitrogens with two attached hydrogens (primary N) is 1. The Bertz CT molecular complexity index is 1500. The van der Waals surface area contributed by atoms with E-state index in [1.54, 1.807) is 29.2 Å². The molecule has 152 valence electrons. The molecule has 0 aliphatic heterocycles. The third-order valence-electron chi connectivity index (χ3n) is 5.39. The zero-order valence-electron chi connectivity index (χ0n) is 16.9. The van der Waals surface area contributed by atoms with Crippen LogP contribution in [0.4, 0.5) is 0 Å². The first-order valence-electron chi connectivity index (χ1n) is 9.98. The lowest BCUT2D eigenvalue weighted by atomic mass is 10.0. The minimum Gasteiger partial charge on any atom is -0.365 e. The lowest BCUT2D eigenvalue weighted by Crippen LogP contribution is -2.17. The molecule has 0 saturated heterocycles. The van der Waals surface area contributed by atoms with Crippen LogP contribution in [0.15, 0.2) is 91.4 Å². The molecule has 2 aromatic carbocycles. The Kier molecular flexibility index (Phi) is 4.70. The minimum absolute atomic E-state index is 0.269. The van der Waals surface area contributed by atoms with Crippen molar-refractivity contribution >= 4 is 16.8 Å². The van der Waals surface area contributed by atoms with Crippen molar-refractivity contribution in [2.45, 2.75) is 0 Å². The first-order chi connectivity index (χ1) is 15.7. The van der Waals surface area contributed by atoms with Crippen LogP contribution in [0.1, 0.15) is 16.1 Å². The number of amides is 1. The number of carbonyl (C=O) groups excluding carboxylic acids is 1. The summed E-state index contributed by atoms with van der Waals surface area (Å²) in [4.78, 5) is 21.1. The predicted molar refractivity (Wildman–Crippen MR) is 123 cm³/mol. The first-order valence-corrected chi connectivity index (χ1v) is 9.98. The van der Waals surface area contributed by atoms with E-state index < -0.39 is 5.91 Å². The molecule has 6 nitrogen and oxygen atoms in total. The lowest BCUT2D eigenvalue weighted by Gasteiger charge is -2.15. The minimum atomic E-state index is -0.605. The Hall–Kier alpha value is -4.76. The molecule has 5 rings (SSSR count). The molecule has 2 N–H and O–H groups in total. The van der Waals surface area contributed by atoms with Crippen molar-refractivity contribution in [1.29, 1.82) is 5.26 Å². The van der Waals surface area contributed by atoms with E-state index in [9.17, 15) is 10.1 Å². The van der Waals surface area contributed by atoms with E-state index in [1.165, 1.54) is 0 Å². The van der Waals surface area contributed by atoms with Crippen LogP contribution in [-0.4, -0.2) is 20.4 Å². The van der Waals surface area contributed by atoms with Gasteiger partial charge in [-0.25, -0.2) is 0 Å². The smallest absolute Gasteiger partial charge is 0.253 e. The van der Waals surface area contributed by atoms with Gasteiger partial charge < -0.3 is 5.73 Å². The fourth-order valence-electron chi connectivity index (χ4n) is 3.98. The van der Waals surface area contributed by atoms with E-state index in [-0.39, 0.29) is 5.56 Å². The van der Waals surface area contributed by atoms with E-state index in [2.05, 4.69) is 16.0 Å². The van der Waals surface area contributed by atoms with E-state index in [4.69, 9.17) is 5.73 Å². The van der Waals surface area contributed by atoms with Gasteiger partial charge in [-0.05, 0) is 47.5 Å². The fourth-order valence-corrected chi connectivity index (χ4v) is 3.98. The highest BCUT2D eigenvalue weighted by Gasteiger charge is 2.21. The highest BCUT2D eigenvalue weighted by atomic mass is 16.1. The number of nitriles is 1. The number of nitrogens with zero attached hydrogens (tertiary/aromatic N) is 4. The summed E-state index contributed by atoms with van der Waals surface area (Å²) in [6, 6.07) is 25.0. The van der Waals surface area contributed by atoms with Crippen molar-refractivity contribution in [3.05, 3.63) is 103 Å².